The van der Waals surface area contributed by atoms with Crippen LogP contribution in [0.25, 0.3) is 0 Å². The number of nitrogens with zero attached hydrogens (tertiary/aromatic N) is 1. The fraction of sp³-hybridized carbons (Fsp3) is 0.588. The Morgan fingerprint density at radius 1 is 1.16 bits per heavy atom. The molecule has 1 aromatic rings. The first kappa shape index (κ1) is 21.9. The number of piperidine rings is 1. The van der Waals surface area contributed by atoms with E-state index < -0.39 is 10.0 Å². The maximum Gasteiger partial charge on any atom is 0.243 e. The van der Waals surface area contributed by atoms with Crippen LogP contribution in [0.4, 0.5) is 0 Å². The van der Waals surface area contributed by atoms with Crippen molar-refractivity contribution in [3.63, 3.8) is 0 Å². The lowest BCUT2D eigenvalue weighted by Gasteiger charge is -2.25. The van der Waals surface area contributed by atoms with Gasteiger partial charge in [0.25, 0.3) is 0 Å². The van der Waals surface area contributed by atoms with E-state index in [0.717, 1.165) is 24.8 Å². The van der Waals surface area contributed by atoms with Crippen molar-refractivity contribution >= 4 is 28.3 Å². The van der Waals surface area contributed by atoms with Gasteiger partial charge in [0, 0.05) is 25.7 Å². The lowest BCUT2D eigenvalue weighted by Crippen LogP contribution is -2.37. The zero-order valence-electron chi connectivity index (χ0n) is 14.8. The number of hydrogen-bond acceptors (Lipinski definition) is 4. The van der Waals surface area contributed by atoms with Crippen molar-refractivity contribution in [2.45, 2.75) is 43.5 Å². The Kier molecular flexibility index (Phi) is 8.85. The summed E-state index contributed by atoms with van der Waals surface area (Å²) in [6, 6.07) is 6.85. The minimum Gasteiger partial charge on any atom is -0.354 e. The van der Waals surface area contributed by atoms with Gasteiger partial charge in [-0.1, -0.05) is 18.6 Å². The highest BCUT2D eigenvalue weighted by Gasteiger charge is 2.25. The Morgan fingerprint density at radius 3 is 2.32 bits per heavy atom. The van der Waals surface area contributed by atoms with Gasteiger partial charge < -0.3 is 10.6 Å². The van der Waals surface area contributed by atoms with Crippen LogP contribution in [-0.2, 0) is 21.2 Å². The number of amides is 1. The van der Waals surface area contributed by atoms with E-state index in [4.69, 9.17) is 0 Å². The van der Waals surface area contributed by atoms with Gasteiger partial charge in [-0.3, -0.25) is 4.79 Å². The van der Waals surface area contributed by atoms with Crippen molar-refractivity contribution in [2.24, 2.45) is 0 Å². The second-order valence-corrected chi connectivity index (χ2v) is 8.22. The van der Waals surface area contributed by atoms with Crippen molar-refractivity contribution < 1.29 is 13.2 Å². The van der Waals surface area contributed by atoms with Crippen LogP contribution in [0, 0.1) is 0 Å². The summed E-state index contributed by atoms with van der Waals surface area (Å²) in [4.78, 5) is 12.2. The molecule has 1 aliphatic rings. The molecule has 0 radical (unpaired) electrons. The van der Waals surface area contributed by atoms with E-state index >= 15 is 0 Å². The van der Waals surface area contributed by atoms with Crippen LogP contribution in [0.2, 0.25) is 0 Å². The first-order chi connectivity index (χ1) is 11.4. The SMILES string of the molecule is CNC(C)CNC(=O)Cc1ccc(S(=O)(=O)N2CCCCC2)cc1.Cl. The third-order valence-electron chi connectivity index (χ3n) is 4.34. The quantitative estimate of drug-likeness (QED) is 0.741. The van der Waals surface area contributed by atoms with Crippen LogP contribution < -0.4 is 10.6 Å². The molecule has 1 aliphatic heterocycles. The molecule has 1 saturated heterocycles. The summed E-state index contributed by atoms with van der Waals surface area (Å²) < 4.78 is 26.7. The topological polar surface area (TPSA) is 78.5 Å². The molecule has 1 aromatic carbocycles. The van der Waals surface area contributed by atoms with E-state index in [9.17, 15) is 13.2 Å². The summed E-state index contributed by atoms with van der Waals surface area (Å²) in [5, 5.41) is 5.90. The van der Waals surface area contributed by atoms with Gasteiger partial charge in [0.05, 0.1) is 11.3 Å². The monoisotopic (exact) mass is 389 g/mol. The number of halogens is 1. The van der Waals surface area contributed by atoms with E-state index in [2.05, 4.69) is 10.6 Å². The van der Waals surface area contributed by atoms with E-state index in [-0.39, 0.29) is 30.8 Å². The Labute approximate surface area is 156 Å². The second kappa shape index (κ2) is 10.1. The molecule has 1 atom stereocenters. The molecule has 142 valence electrons. The van der Waals surface area contributed by atoms with E-state index in [1.807, 2.05) is 14.0 Å². The fourth-order valence-electron chi connectivity index (χ4n) is 2.65. The standard InChI is InChI=1S/C17H27N3O3S.ClH/c1-14(18-2)13-19-17(21)12-15-6-8-16(9-7-15)24(22,23)20-10-4-3-5-11-20;/h6-9,14,18H,3-5,10-13H2,1-2H3,(H,19,21);1H. The normalized spacial score (nSPS) is 16.7. The number of nitrogens with one attached hydrogen (secondary N) is 2. The Bertz CT molecular complexity index is 644. The largest absolute Gasteiger partial charge is 0.354 e. The molecular weight excluding hydrogens is 362 g/mol. The number of sulfonamides is 1. The first-order valence-corrected chi connectivity index (χ1v) is 9.90. The molecule has 0 spiro atoms. The number of carbonyl (C=O) groups is 1. The van der Waals surface area contributed by atoms with Crippen LogP contribution >= 0.6 is 12.4 Å². The molecule has 2 rings (SSSR count). The molecule has 25 heavy (non-hydrogen) atoms. The average Bonchev–Trinajstić information content (AvgIpc) is 2.61. The summed E-state index contributed by atoms with van der Waals surface area (Å²) in [5.41, 5.74) is 0.808. The zero-order valence-corrected chi connectivity index (χ0v) is 16.5. The summed E-state index contributed by atoms with van der Waals surface area (Å²) in [7, 11) is -1.56. The number of likely N-dealkylation sites (N-methyl/N-ethyl adjacent to an activating group) is 1. The number of carbonyl (C=O) groups excluding carboxylic acids is 1. The smallest absolute Gasteiger partial charge is 0.243 e. The van der Waals surface area contributed by atoms with Crippen LogP contribution in [0.15, 0.2) is 29.2 Å². The molecule has 8 heteroatoms. The lowest BCUT2D eigenvalue weighted by atomic mass is 10.1. The number of benzene rings is 1. The first-order valence-electron chi connectivity index (χ1n) is 8.46. The highest BCUT2D eigenvalue weighted by atomic mass is 35.5. The van der Waals surface area contributed by atoms with Crippen molar-refractivity contribution in [1.29, 1.82) is 0 Å². The molecule has 1 unspecified atom stereocenters. The van der Waals surface area contributed by atoms with Gasteiger partial charge in [0.2, 0.25) is 15.9 Å². The predicted molar refractivity (Wildman–Crippen MR) is 102 cm³/mol. The Balaban J connectivity index is 0.00000312. The molecule has 0 bridgehead atoms. The molecule has 0 saturated carbocycles. The van der Waals surface area contributed by atoms with Gasteiger partial charge in [-0.25, -0.2) is 8.42 Å². The van der Waals surface area contributed by atoms with Gasteiger partial charge in [0.1, 0.15) is 0 Å². The van der Waals surface area contributed by atoms with Crippen LogP contribution in [-0.4, -0.2) is 51.4 Å². The van der Waals surface area contributed by atoms with Crippen molar-refractivity contribution in [3.05, 3.63) is 29.8 Å². The summed E-state index contributed by atoms with van der Waals surface area (Å²) in [6.07, 6.45) is 3.18. The van der Waals surface area contributed by atoms with Crippen molar-refractivity contribution in [1.82, 2.24) is 14.9 Å². The predicted octanol–water partition coefficient (Wildman–Crippen LogP) is 1.55. The summed E-state index contributed by atoms with van der Waals surface area (Å²) >= 11 is 0. The van der Waals surface area contributed by atoms with Gasteiger partial charge >= 0.3 is 0 Å². The van der Waals surface area contributed by atoms with E-state index in [1.54, 1.807) is 28.6 Å². The highest BCUT2D eigenvalue weighted by molar-refractivity contribution is 7.89. The average molecular weight is 390 g/mol. The molecule has 1 amide bonds. The lowest BCUT2D eigenvalue weighted by molar-refractivity contribution is -0.120. The van der Waals surface area contributed by atoms with Gasteiger partial charge in [-0.15, -0.1) is 12.4 Å². The van der Waals surface area contributed by atoms with Crippen LogP contribution in [0.5, 0.6) is 0 Å². The van der Waals surface area contributed by atoms with E-state index in [0.29, 0.717) is 24.5 Å². The molecule has 2 N–H and O–H groups in total. The van der Waals surface area contributed by atoms with Gasteiger partial charge in [-0.2, -0.15) is 4.31 Å². The Hall–Kier alpha value is -1.15. The molecule has 1 heterocycles. The highest BCUT2D eigenvalue weighted by Crippen LogP contribution is 2.20. The van der Waals surface area contributed by atoms with Gasteiger partial charge in [-0.05, 0) is 44.5 Å². The molecule has 1 fully saturated rings. The van der Waals surface area contributed by atoms with Gasteiger partial charge in [0.15, 0.2) is 0 Å². The minimum atomic E-state index is -3.41. The second-order valence-electron chi connectivity index (χ2n) is 6.28. The summed E-state index contributed by atoms with van der Waals surface area (Å²) in [6.45, 7) is 3.74. The molecular formula is C17H28ClN3O3S. The van der Waals surface area contributed by atoms with Crippen molar-refractivity contribution in [3.8, 4) is 0 Å². The third kappa shape index (κ3) is 6.26. The van der Waals surface area contributed by atoms with E-state index in [1.165, 1.54) is 0 Å². The fourth-order valence-corrected chi connectivity index (χ4v) is 4.17. The number of hydrogen-bond donors (Lipinski definition) is 2. The third-order valence-corrected chi connectivity index (χ3v) is 6.25. The van der Waals surface area contributed by atoms with Crippen molar-refractivity contribution in [2.75, 3.05) is 26.7 Å². The van der Waals surface area contributed by atoms with Crippen LogP contribution in [0.3, 0.4) is 0 Å². The molecule has 0 aliphatic carbocycles. The molecule has 6 nitrogen and oxygen atoms in total. The summed E-state index contributed by atoms with van der Waals surface area (Å²) in [5.74, 6) is -0.0660. The Morgan fingerprint density at radius 2 is 1.76 bits per heavy atom. The molecule has 0 aromatic heterocycles. The van der Waals surface area contributed by atoms with Crippen LogP contribution in [0.1, 0.15) is 31.7 Å². The maximum atomic E-state index is 12.6. The maximum absolute atomic E-state index is 12.6. The zero-order chi connectivity index (χ0) is 17.6. The number of rotatable bonds is 7. The minimum absolute atomic E-state index is 0.